The SMILES string of the molecule is COc1c(O)c(O)c(CO)c([C@@H]2C[C@H](O)[C@H]3CC[C@@H](c4ccc(O)cc4)C[C@@H]3O2)c1Cc1cc[n-]c1. The van der Waals surface area contributed by atoms with Crippen molar-refractivity contribution in [1.82, 2.24) is 4.98 Å². The predicted octanol–water partition coefficient (Wildman–Crippen LogP) is 3.63. The standard InChI is InChI=1S/C28H32NO7/c1-35-28-20(10-15-8-9-29-13-15)25(21(14-30)26(33)27(28)34)24-12-22(32)19-7-4-17(11-23(19)36-24)16-2-5-18(31)6-3-16/h2-3,5-6,8-9,13,17,19,22-24,30-34H,4,7,10-12,14H2,1H3/q-1/t17-,19-,22+,23+,24+/m1/s1. The molecule has 3 aromatic rings. The third-order valence-electron chi connectivity index (χ3n) is 7.83. The summed E-state index contributed by atoms with van der Waals surface area (Å²) < 4.78 is 12.1. The Balaban J connectivity index is 1.52. The third-order valence-corrected chi connectivity index (χ3v) is 7.83. The first-order valence-corrected chi connectivity index (χ1v) is 12.3. The van der Waals surface area contributed by atoms with Crippen molar-refractivity contribution < 1.29 is 35.0 Å². The van der Waals surface area contributed by atoms with Crippen LogP contribution in [0, 0.1) is 5.92 Å². The summed E-state index contributed by atoms with van der Waals surface area (Å²) in [5, 5.41) is 52.4. The molecule has 0 amide bonds. The average Bonchev–Trinajstić information content (AvgIpc) is 3.39. The Morgan fingerprint density at radius 3 is 2.44 bits per heavy atom. The van der Waals surface area contributed by atoms with Gasteiger partial charge in [0.1, 0.15) is 5.75 Å². The van der Waals surface area contributed by atoms with E-state index >= 15 is 0 Å². The highest BCUT2D eigenvalue weighted by Gasteiger charge is 2.44. The van der Waals surface area contributed by atoms with Crippen molar-refractivity contribution in [3.63, 3.8) is 0 Å². The van der Waals surface area contributed by atoms with Crippen LogP contribution in [0.4, 0.5) is 0 Å². The zero-order chi connectivity index (χ0) is 25.4. The van der Waals surface area contributed by atoms with E-state index in [0.29, 0.717) is 30.4 Å². The molecule has 1 aliphatic heterocycles. The molecular weight excluding hydrogens is 462 g/mol. The van der Waals surface area contributed by atoms with E-state index in [1.54, 1.807) is 24.5 Å². The molecule has 1 saturated heterocycles. The van der Waals surface area contributed by atoms with Crippen LogP contribution in [0.25, 0.3) is 0 Å². The second kappa shape index (κ2) is 10.0. The summed E-state index contributed by atoms with van der Waals surface area (Å²) in [4.78, 5) is 4.12. The van der Waals surface area contributed by atoms with Crippen molar-refractivity contribution in [3.8, 4) is 23.0 Å². The zero-order valence-corrected chi connectivity index (χ0v) is 20.2. The van der Waals surface area contributed by atoms with Gasteiger partial charge in [-0.25, -0.2) is 0 Å². The predicted molar refractivity (Wildman–Crippen MR) is 131 cm³/mol. The first kappa shape index (κ1) is 24.5. The highest BCUT2D eigenvalue weighted by Crippen LogP contribution is 2.52. The highest BCUT2D eigenvalue weighted by atomic mass is 16.5. The number of hydrogen-bond acceptors (Lipinski definition) is 7. The minimum Gasteiger partial charge on any atom is -0.670 e. The van der Waals surface area contributed by atoms with Crippen molar-refractivity contribution in [2.45, 2.75) is 62.9 Å². The average molecular weight is 495 g/mol. The Morgan fingerprint density at radius 1 is 1.00 bits per heavy atom. The molecule has 0 spiro atoms. The van der Waals surface area contributed by atoms with Crippen molar-refractivity contribution in [3.05, 3.63) is 70.5 Å². The second-order valence-corrected chi connectivity index (χ2v) is 9.84. The number of fused-ring (bicyclic) bond motifs is 1. The van der Waals surface area contributed by atoms with E-state index in [-0.39, 0.29) is 35.0 Å². The van der Waals surface area contributed by atoms with E-state index in [4.69, 9.17) is 9.47 Å². The van der Waals surface area contributed by atoms with Gasteiger partial charge in [0, 0.05) is 23.5 Å². The number of hydrogen-bond donors (Lipinski definition) is 5. The van der Waals surface area contributed by atoms with E-state index in [9.17, 15) is 25.5 Å². The number of methoxy groups -OCH3 is 1. The Hall–Kier alpha value is -3.20. The molecule has 0 bridgehead atoms. The van der Waals surface area contributed by atoms with Crippen molar-refractivity contribution in [2.24, 2.45) is 5.92 Å². The van der Waals surface area contributed by atoms with Gasteiger partial charge in [0.15, 0.2) is 11.5 Å². The normalized spacial score (nSPS) is 25.9. The van der Waals surface area contributed by atoms with Gasteiger partial charge in [-0.15, -0.1) is 0 Å². The van der Waals surface area contributed by atoms with E-state index in [1.165, 1.54) is 7.11 Å². The lowest BCUT2D eigenvalue weighted by Gasteiger charge is -2.45. The number of phenols is 3. The number of ether oxygens (including phenoxy) is 2. The van der Waals surface area contributed by atoms with Gasteiger partial charge < -0.3 is 40.0 Å². The Kier molecular flexibility index (Phi) is 6.83. The van der Waals surface area contributed by atoms with Gasteiger partial charge in [-0.1, -0.05) is 23.8 Å². The molecule has 1 aliphatic carbocycles. The first-order chi connectivity index (χ1) is 17.4. The lowest BCUT2D eigenvalue weighted by molar-refractivity contribution is -0.154. The fourth-order valence-corrected chi connectivity index (χ4v) is 6.04. The van der Waals surface area contributed by atoms with E-state index < -0.39 is 30.3 Å². The summed E-state index contributed by atoms with van der Waals surface area (Å²) >= 11 is 0. The molecule has 8 nitrogen and oxygen atoms in total. The molecule has 1 saturated carbocycles. The lowest BCUT2D eigenvalue weighted by atomic mass is 9.71. The number of aliphatic hydroxyl groups excluding tert-OH is 2. The Labute approximate surface area is 209 Å². The molecule has 2 aliphatic rings. The van der Waals surface area contributed by atoms with Crippen LogP contribution in [0.2, 0.25) is 0 Å². The Bertz CT molecular complexity index is 1190. The molecule has 192 valence electrons. The van der Waals surface area contributed by atoms with Crippen LogP contribution in [0.15, 0.2) is 42.7 Å². The second-order valence-electron chi connectivity index (χ2n) is 9.84. The van der Waals surface area contributed by atoms with Crippen LogP contribution < -0.4 is 9.72 Å². The smallest absolute Gasteiger partial charge is 0.201 e. The molecule has 5 rings (SSSR count). The summed E-state index contributed by atoms with van der Waals surface area (Å²) in [7, 11) is 1.42. The highest BCUT2D eigenvalue weighted by molar-refractivity contribution is 5.64. The number of phenolic OH excluding ortho intramolecular Hbond substituents is 2. The molecule has 1 aromatic heterocycles. The van der Waals surface area contributed by atoms with Gasteiger partial charge in [-0.3, -0.25) is 0 Å². The van der Waals surface area contributed by atoms with Crippen molar-refractivity contribution in [1.29, 1.82) is 0 Å². The molecule has 2 heterocycles. The maximum atomic E-state index is 11.2. The van der Waals surface area contributed by atoms with E-state index in [2.05, 4.69) is 4.98 Å². The maximum Gasteiger partial charge on any atom is 0.201 e. The van der Waals surface area contributed by atoms with Gasteiger partial charge in [0.05, 0.1) is 32.0 Å². The first-order valence-electron chi connectivity index (χ1n) is 12.3. The number of nitrogens with zero attached hydrogens (tertiary/aromatic N) is 1. The van der Waals surface area contributed by atoms with Crippen LogP contribution >= 0.6 is 0 Å². The van der Waals surface area contributed by atoms with Crippen LogP contribution in [-0.4, -0.2) is 44.9 Å². The molecule has 2 fully saturated rings. The lowest BCUT2D eigenvalue weighted by Crippen LogP contribution is -2.44. The molecule has 0 unspecified atom stereocenters. The quantitative estimate of drug-likeness (QED) is 0.328. The fraction of sp³-hybridized carbons (Fsp3) is 0.429. The van der Waals surface area contributed by atoms with Crippen LogP contribution in [0.5, 0.6) is 23.0 Å². The monoisotopic (exact) mass is 494 g/mol. The van der Waals surface area contributed by atoms with Gasteiger partial charge >= 0.3 is 0 Å². The van der Waals surface area contributed by atoms with Crippen molar-refractivity contribution >= 4 is 0 Å². The van der Waals surface area contributed by atoms with Crippen LogP contribution in [0.1, 0.15) is 65.5 Å². The fourth-order valence-electron chi connectivity index (χ4n) is 6.04. The summed E-state index contributed by atoms with van der Waals surface area (Å²) in [6, 6.07) is 9.07. The summed E-state index contributed by atoms with van der Waals surface area (Å²) in [6.45, 7) is -0.509. The summed E-state index contributed by atoms with van der Waals surface area (Å²) in [6.07, 6.45) is 5.02. The van der Waals surface area contributed by atoms with E-state index in [1.807, 2.05) is 18.2 Å². The largest absolute Gasteiger partial charge is 0.670 e. The minimum absolute atomic E-state index is 0.0116. The summed E-state index contributed by atoms with van der Waals surface area (Å²) in [5.74, 6) is -0.317. The zero-order valence-electron chi connectivity index (χ0n) is 20.2. The van der Waals surface area contributed by atoms with Crippen molar-refractivity contribution in [2.75, 3.05) is 7.11 Å². The van der Waals surface area contributed by atoms with Gasteiger partial charge in [-0.2, -0.15) is 12.4 Å². The molecule has 0 radical (unpaired) electrons. The number of aromatic nitrogens is 1. The molecule has 8 heteroatoms. The molecule has 5 N–H and O–H groups in total. The molecule has 5 atom stereocenters. The minimum atomic E-state index is -0.614. The number of rotatable bonds is 6. The molecule has 36 heavy (non-hydrogen) atoms. The van der Waals surface area contributed by atoms with Gasteiger partial charge in [0.25, 0.3) is 0 Å². The van der Waals surface area contributed by atoms with Gasteiger partial charge in [-0.05, 0) is 54.9 Å². The Morgan fingerprint density at radius 2 is 1.78 bits per heavy atom. The van der Waals surface area contributed by atoms with Crippen LogP contribution in [-0.2, 0) is 17.8 Å². The number of aliphatic hydroxyl groups is 2. The number of benzene rings is 2. The summed E-state index contributed by atoms with van der Waals surface area (Å²) in [5.41, 5.74) is 3.30. The van der Waals surface area contributed by atoms with Crippen LogP contribution in [0.3, 0.4) is 0 Å². The molecule has 2 aromatic carbocycles. The van der Waals surface area contributed by atoms with E-state index in [0.717, 1.165) is 24.0 Å². The topological polar surface area (TPSA) is 134 Å². The number of aromatic hydroxyl groups is 3. The molecular formula is C28H32NO7-. The third kappa shape index (κ3) is 4.40. The van der Waals surface area contributed by atoms with Gasteiger partial charge in [0.2, 0.25) is 5.75 Å². The maximum absolute atomic E-state index is 11.2.